The second-order valence-electron chi connectivity index (χ2n) is 1.82. The summed E-state index contributed by atoms with van der Waals surface area (Å²) in [5, 5.41) is 1.63. The van der Waals surface area contributed by atoms with E-state index in [0.29, 0.717) is 0 Å². The van der Waals surface area contributed by atoms with Gasteiger partial charge in [0.2, 0.25) is 5.91 Å². The fourth-order valence-electron chi connectivity index (χ4n) is 0.381. The molecule has 0 unspecified atom stereocenters. The van der Waals surface area contributed by atoms with Gasteiger partial charge in [0.05, 0.1) is 0 Å². The van der Waals surface area contributed by atoms with Crippen LogP contribution in [0.4, 0.5) is 13.2 Å². The average molecular weight is 171 g/mol. The molecule has 0 aromatic heterocycles. The van der Waals surface area contributed by atoms with Gasteiger partial charge >= 0.3 is 6.18 Å². The van der Waals surface area contributed by atoms with Gasteiger partial charge in [0.15, 0.2) is 0 Å². The van der Waals surface area contributed by atoms with E-state index >= 15 is 0 Å². The molecule has 0 aliphatic carbocycles. The lowest BCUT2D eigenvalue weighted by Crippen LogP contribution is -2.35. The van der Waals surface area contributed by atoms with E-state index in [1.54, 1.807) is 5.32 Å². The highest BCUT2D eigenvalue weighted by Crippen LogP contribution is 2.11. The number of nitrogens with one attached hydrogen (secondary N) is 1. The Balaban J connectivity index is 3.46. The van der Waals surface area contributed by atoms with Crippen LogP contribution in [0.1, 0.15) is 0 Å². The normalized spacial score (nSPS) is 11.3. The number of amides is 1. The van der Waals surface area contributed by atoms with E-state index in [4.69, 9.17) is 0 Å². The number of carbonyl (C=O) groups is 1. The zero-order valence-electron chi connectivity index (χ0n) is 5.86. The van der Waals surface area contributed by atoms with E-state index in [9.17, 15) is 18.0 Å². The highest BCUT2D eigenvalue weighted by molar-refractivity contribution is 5.77. The van der Waals surface area contributed by atoms with Gasteiger partial charge in [-0.1, -0.05) is 0 Å². The summed E-state index contributed by atoms with van der Waals surface area (Å²) < 4.78 is 38.5. The lowest BCUT2D eigenvalue weighted by atomic mass is 10.5. The third-order valence-corrected chi connectivity index (χ3v) is 0.761. The molecule has 66 valence electrons. The standard InChI is InChI=1S/C5H8F3NO2/c1-11-2-4(10)9-3-5(6,7)8/h2-3H2,1H3,(H,9,10). The molecule has 0 heterocycles. The summed E-state index contributed by atoms with van der Waals surface area (Å²) in [7, 11) is 1.23. The third kappa shape index (κ3) is 7.11. The van der Waals surface area contributed by atoms with Crippen LogP contribution in [-0.4, -0.2) is 32.3 Å². The SMILES string of the molecule is COCC(=O)NCC(F)(F)F. The fraction of sp³-hybridized carbons (Fsp3) is 0.800. The first kappa shape index (κ1) is 10.2. The maximum atomic E-state index is 11.4. The highest BCUT2D eigenvalue weighted by Gasteiger charge is 2.27. The van der Waals surface area contributed by atoms with Crippen LogP contribution in [0.3, 0.4) is 0 Å². The fourth-order valence-corrected chi connectivity index (χ4v) is 0.381. The molecule has 0 saturated heterocycles. The largest absolute Gasteiger partial charge is 0.405 e. The Bertz CT molecular complexity index is 134. The van der Waals surface area contributed by atoms with Gasteiger partial charge in [-0.3, -0.25) is 4.79 Å². The van der Waals surface area contributed by atoms with Crippen LogP contribution in [0, 0.1) is 0 Å². The molecule has 0 bridgehead atoms. The van der Waals surface area contributed by atoms with Crippen LogP contribution in [-0.2, 0) is 9.53 Å². The topological polar surface area (TPSA) is 38.3 Å². The molecule has 0 fully saturated rings. The minimum Gasteiger partial charge on any atom is -0.375 e. The second kappa shape index (κ2) is 4.17. The van der Waals surface area contributed by atoms with Crippen molar-refractivity contribution < 1.29 is 22.7 Å². The van der Waals surface area contributed by atoms with Crippen LogP contribution >= 0.6 is 0 Å². The van der Waals surface area contributed by atoms with Crippen LogP contribution < -0.4 is 5.32 Å². The van der Waals surface area contributed by atoms with Crippen LogP contribution in [0.25, 0.3) is 0 Å². The van der Waals surface area contributed by atoms with Crippen molar-refractivity contribution in [3.63, 3.8) is 0 Å². The van der Waals surface area contributed by atoms with Gasteiger partial charge in [-0.2, -0.15) is 13.2 Å². The van der Waals surface area contributed by atoms with Crippen molar-refractivity contribution in [3.05, 3.63) is 0 Å². The summed E-state index contributed by atoms with van der Waals surface area (Å²) in [5.74, 6) is -0.773. The zero-order valence-corrected chi connectivity index (χ0v) is 5.86. The Labute approximate surface area is 61.5 Å². The molecule has 11 heavy (non-hydrogen) atoms. The number of alkyl halides is 3. The molecule has 1 amide bonds. The van der Waals surface area contributed by atoms with E-state index in [-0.39, 0.29) is 6.61 Å². The lowest BCUT2D eigenvalue weighted by molar-refractivity contribution is -0.140. The lowest BCUT2D eigenvalue weighted by Gasteiger charge is -2.06. The number of rotatable bonds is 3. The third-order valence-electron chi connectivity index (χ3n) is 0.761. The molecule has 0 radical (unpaired) electrons. The van der Waals surface area contributed by atoms with Gasteiger partial charge in [-0.15, -0.1) is 0 Å². The monoisotopic (exact) mass is 171 g/mol. The molecular weight excluding hydrogens is 163 g/mol. The number of ether oxygens (including phenoxy) is 1. The summed E-state index contributed by atoms with van der Waals surface area (Å²) in [6, 6.07) is 0. The predicted molar refractivity (Wildman–Crippen MR) is 30.9 cm³/mol. The summed E-state index contributed by atoms with van der Waals surface area (Å²) >= 11 is 0. The van der Waals surface area contributed by atoms with Crippen molar-refractivity contribution in [2.24, 2.45) is 0 Å². The minimum absolute atomic E-state index is 0.351. The Morgan fingerprint density at radius 3 is 2.45 bits per heavy atom. The summed E-state index contributed by atoms with van der Waals surface area (Å²) in [5.41, 5.74) is 0. The van der Waals surface area contributed by atoms with Gasteiger partial charge in [-0.25, -0.2) is 0 Å². The molecule has 0 aliphatic rings. The van der Waals surface area contributed by atoms with Crippen molar-refractivity contribution in [3.8, 4) is 0 Å². The van der Waals surface area contributed by atoms with Gasteiger partial charge in [0.1, 0.15) is 13.2 Å². The molecule has 1 N–H and O–H groups in total. The van der Waals surface area contributed by atoms with E-state index in [0.717, 1.165) is 0 Å². The molecular formula is C5H8F3NO2. The van der Waals surface area contributed by atoms with Crippen molar-refractivity contribution in [1.82, 2.24) is 5.32 Å². The van der Waals surface area contributed by atoms with Crippen LogP contribution in [0.15, 0.2) is 0 Å². The first-order valence-electron chi connectivity index (χ1n) is 2.78. The Morgan fingerprint density at radius 1 is 1.55 bits per heavy atom. The number of hydrogen-bond donors (Lipinski definition) is 1. The zero-order chi connectivity index (χ0) is 8.91. The maximum absolute atomic E-state index is 11.4. The van der Waals surface area contributed by atoms with Crippen LogP contribution in [0.2, 0.25) is 0 Å². The van der Waals surface area contributed by atoms with E-state index < -0.39 is 18.6 Å². The summed E-state index contributed by atoms with van der Waals surface area (Å²) in [4.78, 5) is 10.4. The molecule has 0 spiro atoms. The average Bonchev–Trinajstić information content (AvgIpc) is 1.83. The minimum atomic E-state index is -4.36. The molecule has 0 rings (SSSR count). The molecule has 0 aliphatic heterocycles. The van der Waals surface area contributed by atoms with Gasteiger partial charge in [-0.05, 0) is 0 Å². The van der Waals surface area contributed by atoms with Crippen molar-refractivity contribution >= 4 is 5.91 Å². The first-order chi connectivity index (χ1) is 4.95. The van der Waals surface area contributed by atoms with Gasteiger partial charge < -0.3 is 10.1 Å². The van der Waals surface area contributed by atoms with E-state index in [1.165, 1.54) is 7.11 Å². The smallest absolute Gasteiger partial charge is 0.375 e. The van der Waals surface area contributed by atoms with E-state index in [2.05, 4.69) is 4.74 Å². The number of carbonyl (C=O) groups excluding carboxylic acids is 1. The second-order valence-corrected chi connectivity index (χ2v) is 1.82. The van der Waals surface area contributed by atoms with Crippen molar-refractivity contribution in [1.29, 1.82) is 0 Å². The number of hydrogen-bond acceptors (Lipinski definition) is 2. The quantitative estimate of drug-likeness (QED) is 0.663. The van der Waals surface area contributed by atoms with Crippen molar-refractivity contribution in [2.45, 2.75) is 6.18 Å². The molecule has 0 aromatic rings. The molecule has 0 saturated carbocycles. The molecule has 3 nitrogen and oxygen atoms in total. The summed E-state index contributed by atoms with van der Waals surface area (Å²) in [6.45, 7) is -1.66. The predicted octanol–water partition coefficient (Wildman–Crippen LogP) is 0.311. The molecule has 0 atom stereocenters. The molecule has 0 aromatic carbocycles. The van der Waals surface area contributed by atoms with E-state index in [1.807, 2.05) is 0 Å². The first-order valence-corrected chi connectivity index (χ1v) is 2.78. The number of methoxy groups -OCH3 is 1. The maximum Gasteiger partial charge on any atom is 0.405 e. The highest BCUT2D eigenvalue weighted by atomic mass is 19.4. The molecule has 6 heteroatoms. The van der Waals surface area contributed by atoms with Gasteiger partial charge in [0, 0.05) is 7.11 Å². The van der Waals surface area contributed by atoms with Gasteiger partial charge in [0.25, 0.3) is 0 Å². The number of halogens is 3. The Morgan fingerprint density at radius 2 is 2.09 bits per heavy atom. The Kier molecular flexibility index (Phi) is 3.88. The Hall–Kier alpha value is -0.780. The summed E-state index contributed by atoms with van der Waals surface area (Å²) in [6.07, 6.45) is -4.36. The van der Waals surface area contributed by atoms with Crippen LogP contribution in [0.5, 0.6) is 0 Å². The van der Waals surface area contributed by atoms with Crippen molar-refractivity contribution in [2.75, 3.05) is 20.3 Å².